The van der Waals surface area contributed by atoms with Crippen LogP contribution >= 0.6 is 11.6 Å². The van der Waals surface area contributed by atoms with E-state index in [1.165, 1.54) is 7.11 Å². The molecule has 0 aromatic heterocycles. The standard InChI is InChI=1S/C12H20ClNO4/c1-6-7(2)18-8(3)10(6)11(15)14-5-9(13)12(16)17-4/h6-10H,5H2,1-4H3,(H,14,15). The smallest absolute Gasteiger partial charge is 0.325 e. The molecule has 1 fully saturated rings. The van der Waals surface area contributed by atoms with Crippen LogP contribution in [0.1, 0.15) is 20.8 Å². The topological polar surface area (TPSA) is 64.6 Å². The summed E-state index contributed by atoms with van der Waals surface area (Å²) < 4.78 is 10.1. The van der Waals surface area contributed by atoms with E-state index >= 15 is 0 Å². The Morgan fingerprint density at radius 2 is 1.94 bits per heavy atom. The maximum Gasteiger partial charge on any atom is 0.325 e. The number of ether oxygens (including phenoxy) is 2. The number of carbonyl (C=O) groups is 2. The maximum absolute atomic E-state index is 12.0. The lowest BCUT2D eigenvalue weighted by Crippen LogP contribution is -2.41. The molecule has 5 nitrogen and oxygen atoms in total. The molecule has 0 spiro atoms. The van der Waals surface area contributed by atoms with E-state index in [9.17, 15) is 9.59 Å². The van der Waals surface area contributed by atoms with Crippen LogP contribution in [-0.2, 0) is 19.1 Å². The molecule has 0 aromatic rings. The molecule has 1 aliphatic heterocycles. The lowest BCUT2D eigenvalue weighted by molar-refractivity contribution is -0.140. The normalized spacial score (nSPS) is 32.9. The number of halogens is 1. The van der Waals surface area contributed by atoms with Crippen LogP contribution in [0, 0.1) is 11.8 Å². The number of amides is 1. The van der Waals surface area contributed by atoms with Crippen LogP contribution in [0.5, 0.6) is 0 Å². The van der Waals surface area contributed by atoms with Gasteiger partial charge >= 0.3 is 5.97 Å². The number of esters is 1. The lowest BCUT2D eigenvalue weighted by Gasteiger charge is -2.18. The van der Waals surface area contributed by atoms with Gasteiger partial charge in [-0.1, -0.05) is 6.92 Å². The van der Waals surface area contributed by atoms with E-state index in [2.05, 4.69) is 10.1 Å². The minimum Gasteiger partial charge on any atom is -0.468 e. The predicted molar refractivity (Wildman–Crippen MR) is 67.3 cm³/mol. The van der Waals surface area contributed by atoms with Gasteiger partial charge in [-0.25, -0.2) is 0 Å². The van der Waals surface area contributed by atoms with Crippen molar-refractivity contribution in [2.45, 2.75) is 38.4 Å². The van der Waals surface area contributed by atoms with Crippen molar-refractivity contribution >= 4 is 23.5 Å². The highest BCUT2D eigenvalue weighted by molar-refractivity contribution is 6.30. The van der Waals surface area contributed by atoms with Gasteiger partial charge in [0.05, 0.1) is 25.2 Å². The molecule has 1 rings (SSSR count). The molecule has 1 heterocycles. The molecule has 0 bridgehead atoms. The summed E-state index contributed by atoms with van der Waals surface area (Å²) in [6, 6.07) is 0. The minimum atomic E-state index is -0.857. The molecule has 1 aliphatic rings. The molecule has 0 saturated carbocycles. The average molecular weight is 278 g/mol. The van der Waals surface area contributed by atoms with Gasteiger partial charge in [0.25, 0.3) is 0 Å². The summed E-state index contributed by atoms with van der Waals surface area (Å²) >= 11 is 5.76. The summed E-state index contributed by atoms with van der Waals surface area (Å²) in [4.78, 5) is 23.1. The Hall–Kier alpha value is -0.810. The Bertz CT molecular complexity index is 323. The van der Waals surface area contributed by atoms with E-state index in [0.717, 1.165) is 0 Å². The first-order valence-corrected chi connectivity index (χ1v) is 6.47. The zero-order chi connectivity index (χ0) is 13.9. The fourth-order valence-corrected chi connectivity index (χ4v) is 2.40. The van der Waals surface area contributed by atoms with Crippen LogP contribution in [0.25, 0.3) is 0 Å². The molecule has 6 heteroatoms. The average Bonchev–Trinajstić information content (AvgIpc) is 2.59. The van der Waals surface area contributed by atoms with Crippen molar-refractivity contribution in [2.75, 3.05) is 13.7 Å². The molecule has 5 atom stereocenters. The molecule has 5 unspecified atom stereocenters. The van der Waals surface area contributed by atoms with Crippen molar-refractivity contribution in [2.24, 2.45) is 11.8 Å². The Morgan fingerprint density at radius 3 is 2.39 bits per heavy atom. The third kappa shape index (κ3) is 3.36. The SMILES string of the molecule is COC(=O)C(Cl)CNC(=O)C1C(C)OC(C)C1C. The van der Waals surface area contributed by atoms with Crippen molar-refractivity contribution in [1.82, 2.24) is 5.32 Å². The second-order valence-corrected chi connectivity index (χ2v) is 5.19. The second kappa shape index (κ2) is 6.38. The highest BCUT2D eigenvalue weighted by atomic mass is 35.5. The lowest BCUT2D eigenvalue weighted by atomic mass is 9.89. The summed E-state index contributed by atoms with van der Waals surface area (Å²) in [7, 11) is 1.26. The molecular formula is C12H20ClNO4. The Morgan fingerprint density at radius 1 is 1.33 bits per heavy atom. The first-order valence-electron chi connectivity index (χ1n) is 6.03. The molecule has 0 aromatic carbocycles. The molecule has 1 N–H and O–H groups in total. The second-order valence-electron chi connectivity index (χ2n) is 4.67. The van der Waals surface area contributed by atoms with Gasteiger partial charge in [-0.2, -0.15) is 0 Å². The molecule has 1 saturated heterocycles. The van der Waals surface area contributed by atoms with Gasteiger partial charge < -0.3 is 14.8 Å². The van der Waals surface area contributed by atoms with Crippen molar-refractivity contribution in [3.8, 4) is 0 Å². The Kier molecular flexibility index (Phi) is 5.41. The largest absolute Gasteiger partial charge is 0.468 e. The van der Waals surface area contributed by atoms with Crippen molar-refractivity contribution in [1.29, 1.82) is 0 Å². The summed E-state index contributed by atoms with van der Waals surface area (Å²) in [5.74, 6) is -0.739. The number of rotatable bonds is 4. The van der Waals surface area contributed by atoms with Crippen LogP contribution in [0.15, 0.2) is 0 Å². The van der Waals surface area contributed by atoms with Crippen LogP contribution in [-0.4, -0.2) is 43.1 Å². The highest BCUT2D eigenvalue weighted by Crippen LogP contribution is 2.32. The molecule has 0 aliphatic carbocycles. The van der Waals surface area contributed by atoms with Gasteiger partial charge in [-0.3, -0.25) is 9.59 Å². The molecular weight excluding hydrogens is 258 g/mol. The Balaban J connectivity index is 2.48. The van der Waals surface area contributed by atoms with Gasteiger partial charge in [-0.15, -0.1) is 11.6 Å². The monoisotopic (exact) mass is 277 g/mol. The van der Waals surface area contributed by atoms with Crippen LogP contribution in [0.2, 0.25) is 0 Å². The number of hydrogen-bond donors (Lipinski definition) is 1. The van der Waals surface area contributed by atoms with E-state index in [1.54, 1.807) is 0 Å². The summed E-state index contributed by atoms with van der Waals surface area (Å²) in [5.41, 5.74) is 0. The third-order valence-corrected chi connectivity index (χ3v) is 3.79. The third-order valence-electron chi connectivity index (χ3n) is 3.46. The van der Waals surface area contributed by atoms with E-state index in [-0.39, 0.29) is 36.5 Å². The van der Waals surface area contributed by atoms with E-state index in [1.807, 2.05) is 20.8 Å². The van der Waals surface area contributed by atoms with E-state index in [0.29, 0.717) is 0 Å². The number of methoxy groups -OCH3 is 1. The van der Waals surface area contributed by atoms with Crippen molar-refractivity contribution in [3.63, 3.8) is 0 Å². The van der Waals surface area contributed by atoms with E-state index < -0.39 is 11.3 Å². The van der Waals surface area contributed by atoms with Crippen molar-refractivity contribution in [3.05, 3.63) is 0 Å². The molecule has 1 amide bonds. The van der Waals surface area contributed by atoms with Crippen molar-refractivity contribution < 1.29 is 19.1 Å². The molecule has 0 radical (unpaired) electrons. The minimum absolute atomic E-state index is 0.0585. The first-order chi connectivity index (χ1) is 8.38. The predicted octanol–water partition coefficient (Wildman–Crippen LogP) is 0.942. The summed E-state index contributed by atoms with van der Waals surface area (Å²) in [5, 5.41) is 1.81. The highest BCUT2D eigenvalue weighted by Gasteiger charge is 2.41. The van der Waals surface area contributed by atoms with Gasteiger partial charge in [0.2, 0.25) is 5.91 Å². The zero-order valence-electron chi connectivity index (χ0n) is 11.1. The molecule has 104 valence electrons. The van der Waals surface area contributed by atoms with Gasteiger partial charge in [-0.05, 0) is 19.8 Å². The molecule has 18 heavy (non-hydrogen) atoms. The Labute approximate surface area is 112 Å². The summed E-state index contributed by atoms with van der Waals surface area (Å²) in [6.07, 6.45) is -0.0648. The quantitative estimate of drug-likeness (QED) is 0.614. The van der Waals surface area contributed by atoms with Crippen LogP contribution in [0.3, 0.4) is 0 Å². The zero-order valence-corrected chi connectivity index (χ0v) is 11.9. The number of alkyl halides is 1. The van der Waals surface area contributed by atoms with Gasteiger partial charge in [0, 0.05) is 6.54 Å². The van der Waals surface area contributed by atoms with Crippen LogP contribution in [0.4, 0.5) is 0 Å². The summed E-state index contributed by atoms with van der Waals surface area (Å²) in [6.45, 7) is 5.88. The van der Waals surface area contributed by atoms with Crippen LogP contribution < -0.4 is 5.32 Å². The van der Waals surface area contributed by atoms with E-state index in [4.69, 9.17) is 16.3 Å². The fourth-order valence-electron chi connectivity index (χ4n) is 2.24. The fraction of sp³-hybridized carbons (Fsp3) is 0.833. The maximum atomic E-state index is 12.0. The number of carbonyl (C=O) groups excluding carboxylic acids is 2. The van der Waals surface area contributed by atoms with Gasteiger partial charge in [0.1, 0.15) is 5.38 Å². The first kappa shape index (κ1) is 15.2. The van der Waals surface area contributed by atoms with Gasteiger partial charge in [0.15, 0.2) is 0 Å². The number of nitrogens with one attached hydrogen (secondary N) is 1. The number of hydrogen-bond acceptors (Lipinski definition) is 4.